The van der Waals surface area contributed by atoms with Gasteiger partial charge in [-0.05, 0) is 62.9 Å². The Bertz CT molecular complexity index is 554. The van der Waals surface area contributed by atoms with Gasteiger partial charge in [0.2, 0.25) is 5.91 Å². The summed E-state index contributed by atoms with van der Waals surface area (Å²) in [7, 11) is 1.97. The molecule has 0 saturated carbocycles. The second-order valence-electron chi connectivity index (χ2n) is 7.10. The number of rotatable bonds is 3. The Morgan fingerprint density at radius 3 is 2.43 bits per heavy atom. The third-order valence-electron chi connectivity index (χ3n) is 5.52. The lowest BCUT2D eigenvalue weighted by Gasteiger charge is -2.28. The van der Waals surface area contributed by atoms with Gasteiger partial charge >= 0.3 is 0 Å². The molecule has 2 fully saturated rings. The highest BCUT2D eigenvalue weighted by Crippen LogP contribution is 2.36. The summed E-state index contributed by atoms with van der Waals surface area (Å²) in [5.41, 5.74) is 3.93. The summed E-state index contributed by atoms with van der Waals surface area (Å²) in [6, 6.07) is 6.88. The smallest absolute Gasteiger partial charge is 0.227 e. The second kappa shape index (κ2) is 7.67. The zero-order chi connectivity index (χ0) is 15.7. The molecule has 4 heteroatoms. The Kier molecular flexibility index (Phi) is 6.10. The van der Waals surface area contributed by atoms with E-state index >= 15 is 0 Å². The maximum atomic E-state index is 12.6. The molecule has 0 aromatic heterocycles. The number of carbonyl (C=O) groups excluding carboxylic acids is 1. The molecule has 0 radical (unpaired) electrons. The van der Waals surface area contributed by atoms with E-state index in [9.17, 15) is 4.79 Å². The first-order valence-electron chi connectivity index (χ1n) is 8.62. The number of nitrogens with zero attached hydrogens (tertiary/aromatic N) is 2. The largest absolute Gasteiger partial charge is 0.338 e. The minimum atomic E-state index is 0. The first-order chi connectivity index (χ1) is 10.6. The minimum Gasteiger partial charge on any atom is -0.338 e. The Hall–Kier alpha value is -1.06. The molecule has 23 heavy (non-hydrogen) atoms. The highest BCUT2D eigenvalue weighted by molar-refractivity contribution is 5.85. The molecular formula is C19H29ClN2O. The van der Waals surface area contributed by atoms with Gasteiger partial charge in [0.25, 0.3) is 0 Å². The van der Waals surface area contributed by atoms with Gasteiger partial charge in [0.15, 0.2) is 0 Å². The highest BCUT2D eigenvalue weighted by Gasteiger charge is 2.38. The lowest BCUT2D eigenvalue weighted by Crippen LogP contribution is -2.36. The minimum absolute atomic E-state index is 0. The molecule has 2 aliphatic rings. The van der Waals surface area contributed by atoms with Crippen LogP contribution in [0.25, 0.3) is 0 Å². The number of hydrogen-bond acceptors (Lipinski definition) is 2. The molecule has 0 aliphatic carbocycles. The molecule has 3 nitrogen and oxygen atoms in total. The molecule has 2 heterocycles. The van der Waals surface area contributed by atoms with Crippen molar-refractivity contribution >= 4 is 18.3 Å². The van der Waals surface area contributed by atoms with Crippen molar-refractivity contribution in [3.8, 4) is 0 Å². The molecule has 0 spiro atoms. The Balaban J connectivity index is 0.00000192. The zero-order valence-electron chi connectivity index (χ0n) is 14.5. The van der Waals surface area contributed by atoms with Gasteiger partial charge in [-0.25, -0.2) is 0 Å². The van der Waals surface area contributed by atoms with Crippen molar-refractivity contribution in [2.24, 2.45) is 5.92 Å². The summed E-state index contributed by atoms with van der Waals surface area (Å²) in [5.74, 6) is 0.503. The maximum Gasteiger partial charge on any atom is 0.227 e. The molecule has 1 aromatic rings. The number of aryl methyl sites for hydroxylation is 2. The number of amides is 1. The molecule has 1 aromatic carbocycles. The number of halogens is 1. The third kappa shape index (κ3) is 3.89. The van der Waals surface area contributed by atoms with E-state index in [0.29, 0.717) is 5.91 Å². The summed E-state index contributed by atoms with van der Waals surface area (Å²) in [6.45, 7) is 7.58. The normalized spacial score (nSPS) is 25.5. The standard InChI is InChI=1S/C19H28N2O.ClH/c1-14-7-8-16(11-15(14)2)18-12-17(19(22)20(18)3)13-21-9-5-4-6-10-21;/h7-8,11,17-18H,4-6,9-10,12-13H2,1-3H3;1H. The average molecular weight is 337 g/mol. The molecule has 3 rings (SSSR count). The summed E-state index contributed by atoms with van der Waals surface area (Å²) < 4.78 is 0. The summed E-state index contributed by atoms with van der Waals surface area (Å²) in [4.78, 5) is 17.1. The fourth-order valence-corrected chi connectivity index (χ4v) is 3.91. The van der Waals surface area contributed by atoms with Crippen molar-refractivity contribution in [2.75, 3.05) is 26.7 Å². The van der Waals surface area contributed by atoms with Crippen molar-refractivity contribution in [3.05, 3.63) is 34.9 Å². The van der Waals surface area contributed by atoms with Gasteiger partial charge in [0.05, 0.1) is 12.0 Å². The number of carbonyl (C=O) groups is 1. The Labute approximate surface area is 146 Å². The molecule has 1 amide bonds. The molecule has 0 bridgehead atoms. The SMILES string of the molecule is Cc1ccc(C2CC(CN3CCCCC3)C(=O)N2C)cc1C.Cl. The Morgan fingerprint density at radius 2 is 1.78 bits per heavy atom. The van der Waals surface area contributed by atoms with Crippen LogP contribution in [0.15, 0.2) is 18.2 Å². The van der Waals surface area contributed by atoms with Crippen LogP contribution in [0.1, 0.15) is 48.4 Å². The van der Waals surface area contributed by atoms with Gasteiger partial charge in [0.1, 0.15) is 0 Å². The van der Waals surface area contributed by atoms with Crippen LogP contribution in [0, 0.1) is 19.8 Å². The number of likely N-dealkylation sites (tertiary alicyclic amines) is 2. The highest BCUT2D eigenvalue weighted by atomic mass is 35.5. The molecule has 2 unspecified atom stereocenters. The van der Waals surface area contributed by atoms with E-state index in [4.69, 9.17) is 0 Å². The van der Waals surface area contributed by atoms with Crippen LogP contribution >= 0.6 is 12.4 Å². The van der Waals surface area contributed by atoms with Crippen molar-refractivity contribution in [1.29, 1.82) is 0 Å². The van der Waals surface area contributed by atoms with Crippen LogP contribution in [0.2, 0.25) is 0 Å². The van der Waals surface area contributed by atoms with Gasteiger partial charge < -0.3 is 9.80 Å². The van der Waals surface area contributed by atoms with Crippen LogP contribution < -0.4 is 0 Å². The van der Waals surface area contributed by atoms with Gasteiger partial charge in [-0.2, -0.15) is 0 Å². The predicted molar refractivity (Wildman–Crippen MR) is 97.1 cm³/mol. The fourth-order valence-electron chi connectivity index (χ4n) is 3.91. The molecule has 2 saturated heterocycles. The van der Waals surface area contributed by atoms with Crippen LogP contribution in [0.5, 0.6) is 0 Å². The van der Waals surface area contributed by atoms with Crippen LogP contribution in [0.4, 0.5) is 0 Å². The predicted octanol–water partition coefficient (Wildman–Crippen LogP) is 3.73. The van der Waals surface area contributed by atoms with Gasteiger partial charge in [-0.3, -0.25) is 4.79 Å². The van der Waals surface area contributed by atoms with E-state index in [0.717, 1.165) is 13.0 Å². The summed E-state index contributed by atoms with van der Waals surface area (Å²) >= 11 is 0. The van der Waals surface area contributed by atoms with Crippen LogP contribution in [0.3, 0.4) is 0 Å². The van der Waals surface area contributed by atoms with Gasteiger partial charge in [-0.1, -0.05) is 24.6 Å². The third-order valence-corrected chi connectivity index (χ3v) is 5.52. The van der Waals surface area contributed by atoms with E-state index in [1.807, 2.05) is 11.9 Å². The Morgan fingerprint density at radius 1 is 1.09 bits per heavy atom. The van der Waals surface area contributed by atoms with Gasteiger partial charge in [0, 0.05) is 13.6 Å². The van der Waals surface area contributed by atoms with E-state index in [-0.39, 0.29) is 24.4 Å². The number of benzene rings is 1. The monoisotopic (exact) mass is 336 g/mol. The van der Waals surface area contributed by atoms with Crippen LogP contribution in [-0.2, 0) is 4.79 Å². The maximum absolute atomic E-state index is 12.6. The van der Waals surface area contributed by atoms with E-state index in [1.165, 1.54) is 49.0 Å². The molecular weight excluding hydrogens is 308 g/mol. The topological polar surface area (TPSA) is 23.6 Å². The van der Waals surface area contributed by atoms with Crippen molar-refractivity contribution in [2.45, 2.75) is 45.6 Å². The van der Waals surface area contributed by atoms with Gasteiger partial charge in [-0.15, -0.1) is 12.4 Å². The second-order valence-corrected chi connectivity index (χ2v) is 7.10. The fraction of sp³-hybridized carbons (Fsp3) is 0.632. The van der Waals surface area contributed by atoms with Crippen molar-refractivity contribution in [1.82, 2.24) is 9.80 Å². The first kappa shape index (κ1) is 18.3. The van der Waals surface area contributed by atoms with Crippen molar-refractivity contribution < 1.29 is 4.79 Å². The molecule has 2 atom stereocenters. The first-order valence-corrected chi connectivity index (χ1v) is 8.62. The van der Waals surface area contributed by atoms with E-state index in [2.05, 4.69) is 36.9 Å². The van der Waals surface area contributed by atoms with E-state index < -0.39 is 0 Å². The summed E-state index contributed by atoms with van der Waals surface area (Å²) in [6.07, 6.45) is 4.89. The van der Waals surface area contributed by atoms with Crippen molar-refractivity contribution in [3.63, 3.8) is 0 Å². The quantitative estimate of drug-likeness (QED) is 0.839. The summed E-state index contributed by atoms with van der Waals surface area (Å²) in [5, 5.41) is 0. The van der Waals surface area contributed by atoms with E-state index in [1.54, 1.807) is 0 Å². The zero-order valence-corrected chi connectivity index (χ0v) is 15.4. The molecule has 0 N–H and O–H groups in total. The molecule has 128 valence electrons. The average Bonchev–Trinajstić information content (AvgIpc) is 2.80. The van der Waals surface area contributed by atoms with Crippen LogP contribution in [-0.4, -0.2) is 42.4 Å². The number of piperidine rings is 1. The lowest BCUT2D eigenvalue weighted by atomic mass is 9.96. The molecule has 2 aliphatic heterocycles. The lowest BCUT2D eigenvalue weighted by molar-refractivity contribution is -0.131. The number of hydrogen-bond donors (Lipinski definition) is 0.